The Balaban J connectivity index is 2.07. The van der Waals surface area contributed by atoms with E-state index in [1.165, 1.54) is 10.4 Å². The quantitative estimate of drug-likeness (QED) is 0.811. The van der Waals surface area contributed by atoms with Gasteiger partial charge in [-0.1, -0.05) is 74.5 Å². The second kappa shape index (κ2) is 6.14. The molecule has 110 valence electrons. The molecule has 3 heteroatoms. The summed E-state index contributed by atoms with van der Waals surface area (Å²) in [5.74, 6) is 0.508. The Kier molecular flexibility index (Phi) is 4.24. The smallest absolute Gasteiger partial charge is 0.388 e. The van der Waals surface area contributed by atoms with Crippen LogP contribution < -0.4 is 10.4 Å². The Morgan fingerprint density at radius 2 is 1.43 bits per heavy atom. The molecular weight excluding hydrogens is 276 g/mol. The van der Waals surface area contributed by atoms with E-state index in [0.717, 1.165) is 13.0 Å². The van der Waals surface area contributed by atoms with Crippen molar-refractivity contribution in [2.24, 2.45) is 5.92 Å². The van der Waals surface area contributed by atoms with Crippen LogP contribution in [0, 0.1) is 5.92 Å². The van der Waals surface area contributed by atoms with Gasteiger partial charge in [0.1, 0.15) is 0 Å². The van der Waals surface area contributed by atoms with Crippen LogP contribution in [0.15, 0.2) is 60.7 Å². The zero-order valence-corrected chi connectivity index (χ0v) is 13.7. The summed E-state index contributed by atoms with van der Waals surface area (Å²) in [6.07, 6.45) is 1.25. The van der Waals surface area contributed by atoms with Gasteiger partial charge in [-0.05, 0) is 22.7 Å². The fraction of sp³-hybridized carbons (Fsp3) is 0.333. The van der Waals surface area contributed by atoms with Crippen molar-refractivity contribution in [1.29, 1.82) is 0 Å². The first-order valence-corrected chi connectivity index (χ1v) is 9.47. The van der Waals surface area contributed by atoms with Gasteiger partial charge in [0.25, 0.3) is 0 Å². The predicted octanol–water partition coefficient (Wildman–Crippen LogP) is 2.70. The highest BCUT2D eigenvalue weighted by Crippen LogP contribution is 2.24. The van der Waals surface area contributed by atoms with E-state index in [9.17, 15) is 0 Å². The van der Waals surface area contributed by atoms with Gasteiger partial charge in [-0.3, -0.25) is 0 Å². The molecule has 2 aromatic carbocycles. The third-order valence-corrected chi connectivity index (χ3v) is 7.51. The van der Waals surface area contributed by atoms with Gasteiger partial charge in [-0.25, -0.2) is 0 Å². The van der Waals surface area contributed by atoms with Crippen LogP contribution in [0.4, 0.5) is 0 Å². The number of benzene rings is 2. The van der Waals surface area contributed by atoms with Gasteiger partial charge in [-0.15, -0.1) is 0 Å². The van der Waals surface area contributed by atoms with Gasteiger partial charge in [0, 0.05) is 6.61 Å². The van der Waals surface area contributed by atoms with E-state index in [1.54, 1.807) is 0 Å². The van der Waals surface area contributed by atoms with Crippen LogP contribution in [0.25, 0.3) is 0 Å². The van der Waals surface area contributed by atoms with Gasteiger partial charge in [-0.2, -0.15) is 0 Å². The lowest BCUT2D eigenvalue weighted by Crippen LogP contribution is -2.67. The average Bonchev–Trinajstić information content (AvgIpc) is 2.56. The van der Waals surface area contributed by atoms with Crippen molar-refractivity contribution in [3.05, 3.63) is 60.7 Å². The summed E-state index contributed by atoms with van der Waals surface area (Å²) in [4.78, 5) is 0. The maximum atomic E-state index is 6.62. The molecule has 3 rings (SSSR count). The summed E-state index contributed by atoms with van der Waals surface area (Å²) in [5, 5.41) is 2.39. The topological polar surface area (TPSA) is 18.5 Å². The molecule has 1 saturated heterocycles. The minimum atomic E-state index is -2.56. The fourth-order valence-electron chi connectivity index (χ4n) is 2.88. The number of rotatable bonds is 3. The minimum absolute atomic E-state index is 0.269. The van der Waals surface area contributed by atoms with Crippen molar-refractivity contribution in [3.63, 3.8) is 0 Å². The lowest BCUT2D eigenvalue weighted by molar-refractivity contribution is 0.0358. The highest BCUT2D eigenvalue weighted by atomic mass is 28.4. The largest absolute Gasteiger partial charge is 0.407 e. The van der Waals surface area contributed by atoms with E-state index in [0.29, 0.717) is 5.92 Å². The number of hydrogen-bond donors (Lipinski definition) is 0. The van der Waals surface area contributed by atoms with Crippen LogP contribution in [-0.4, -0.2) is 21.3 Å². The average molecular weight is 298 g/mol. The van der Waals surface area contributed by atoms with E-state index in [4.69, 9.17) is 8.85 Å². The highest BCUT2D eigenvalue weighted by Gasteiger charge is 2.47. The normalized spacial score (nSPS) is 21.4. The molecule has 0 saturated carbocycles. The maximum absolute atomic E-state index is 6.62. The van der Waals surface area contributed by atoms with Gasteiger partial charge < -0.3 is 8.85 Å². The molecule has 1 unspecified atom stereocenters. The third kappa shape index (κ3) is 2.82. The minimum Gasteiger partial charge on any atom is -0.388 e. The second-order valence-corrected chi connectivity index (χ2v) is 8.80. The van der Waals surface area contributed by atoms with Crippen molar-refractivity contribution in [1.82, 2.24) is 0 Å². The predicted molar refractivity (Wildman–Crippen MR) is 88.2 cm³/mol. The summed E-state index contributed by atoms with van der Waals surface area (Å²) < 4.78 is 13.0. The fourth-order valence-corrected chi connectivity index (χ4v) is 6.37. The first-order valence-electron chi connectivity index (χ1n) is 7.65. The maximum Gasteiger partial charge on any atom is 0.407 e. The van der Waals surface area contributed by atoms with Gasteiger partial charge in [0.05, 0.1) is 6.10 Å². The van der Waals surface area contributed by atoms with E-state index in [1.807, 2.05) is 12.1 Å². The van der Waals surface area contributed by atoms with Crippen LogP contribution in [0.5, 0.6) is 0 Å². The van der Waals surface area contributed by atoms with Crippen LogP contribution in [-0.2, 0) is 8.85 Å². The van der Waals surface area contributed by atoms with Crippen LogP contribution in [0.3, 0.4) is 0 Å². The zero-order valence-electron chi connectivity index (χ0n) is 12.7. The molecule has 0 spiro atoms. The molecule has 1 aliphatic rings. The molecule has 2 aromatic rings. The summed E-state index contributed by atoms with van der Waals surface area (Å²) in [6.45, 7) is 5.23. The SMILES string of the molecule is CC(C)C1CCO[Si](c2ccccc2)(c2ccccc2)O1. The van der Waals surface area contributed by atoms with Crippen molar-refractivity contribution >= 4 is 18.9 Å². The molecule has 1 fully saturated rings. The first kappa shape index (κ1) is 14.5. The van der Waals surface area contributed by atoms with Crippen LogP contribution in [0.2, 0.25) is 0 Å². The van der Waals surface area contributed by atoms with E-state index >= 15 is 0 Å². The Labute approximate surface area is 128 Å². The second-order valence-electron chi connectivity index (χ2n) is 5.89. The highest BCUT2D eigenvalue weighted by molar-refractivity contribution is 6.92. The molecule has 21 heavy (non-hydrogen) atoms. The summed E-state index contributed by atoms with van der Waals surface area (Å²) >= 11 is 0. The molecular formula is C18H22O2Si. The van der Waals surface area contributed by atoms with Gasteiger partial charge in [0.15, 0.2) is 0 Å². The van der Waals surface area contributed by atoms with E-state index in [2.05, 4.69) is 62.4 Å². The molecule has 1 heterocycles. The van der Waals surface area contributed by atoms with E-state index < -0.39 is 8.56 Å². The first-order chi connectivity index (χ1) is 10.2. The molecule has 0 N–H and O–H groups in total. The van der Waals surface area contributed by atoms with Crippen molar-refractivity contribution in [3.8, 4) is 0 Å². The molecule has 0 aromatic heterocycles. The Morgan fingerprint density at radius 3 is 1.90 bits per heavy atom. The monoisotopic (exact) mass is 298 g/mol. The Morgan fingerprint density at radius 1 is 0.905 bits per heavy atom. The van der Waals surface area contributed by atoms with Gasteiger partial charge in [0.2, 0.25) is 0 Å². The molecule has 0 bridgehead atoms. The lowest BCUT2D eigenvalue weighted by Gasteiger charge is -2.40. The van der Waals surface area contributed by atoms with Crippen molar-refractivity contribution < 1.29 is 8.85 Å². The summed E-state index contributed by atoms with van der Waals surface area (Å²) in [5.41, 5.74) is 0. The molecule has 1 atom stereocenters. The van der Waals surface area contributed by atoms with Crippen LogP contribution in [0.1, 0.15) is 20.3 Å². The molecule has 1 aliphatic heterocycles. The Bertz CT molecular complexity index is 529. The summed E-state index contributed by atoms with van der Waals surface area (Å²) in [7, 11) is -2.56. The van der Waals surface area contributed by atoms with Crippen molar-refractivity contribution in [2.45, 2.75) is 26.4 Å². The number of hydrogen-bond acceptors (Lipinski definition) is 2. The zero-order chi connectivity index (χ0) is 14.7. The van der Waals surface area contributed by atoms with Crippen LogP contribution >= 0.6 is 0 Å². The summed E-state index contributed by atoms with van der Waals surface area (Å²) in [6, 6.07) is 20.9. The third-order valence-electron chi connectivity index (χ3n) is 4.08. The standard InChI is InChI=1S/C18H22O2Si/c1-15(2)18-13-14-19-21(20-18,16-9-5-3-6-10-16)17-11-7-4-8-12-17/h3-12,15,18H,13-14H2,1-2H3. The van der Waals surface area contributed by atoms with E-state index in [-0.39, 0.29) is 6.10 Å². The Hall–Kier alpha value is -1.42. The lowest BCUT2D eigenvalue weighted by atomic mass is 10.1. The molecule has 0 radical (unpaired) electrons. The van der Waals surface area contributed by atoms with Crippen molar-refractivity contribution in [2.75, 3.05) is 6.61 Å². The molecule has 0 amide bonds. The molecule has 0 aliphatic carbocycles. The molecule has 2 nitrogen and oxygen atoms in total. The van der Waals surface area contributed by atoms with Gasteiger partial charge >= 0.3 is 8.56 Å².